The Balaban J connectivity index is 2.15. The van der Waals surface area contributed by atoms with Crippen molar-refractivity contribution in [3.8, 4) is 0 Å². The smallest absolute Gasteiger partial charge is 0.328 e. The molecule has 1 N–H and O–H groups in total. The fourth-order valence-corrected chi connectivity index (χ4v) is 2.75. The van der Waals surface area contributed by atoms with Crippen LogP contribution in [-0.2, 0) is 11.3 Å². The molecule has 0 saturated carbocycles. The van der Waals surface area contributed by atoms with Gasteiger partial charge in [0.05, 0.1) is 6.54 Å². The van der Waals surface area contributed by atoms with Crippen LogP contribution in [-0.4, -0.2) is 20.2 Å². The number of aliphatic carboxylic acids is 1. The predicted octanol–water partition coefficient (Wildman–Crippen LogP) is 2.44. The van der Waals surface area contributed by atoms with Gasteiger partial charge in [0.15, 0.2) is 0 Å². The van der Waals surface area contributed by atoms with Crippen LogP contribution in [0.3, 0.4) is 0 Å². The molecular weight excluding hydrogens is 276 g/mol. The number of nitrogens with zero attached hydrogens (tertiary/aromatic N) is 2. The molecule has 2 heterocycles. The minimum Gasteiger partial charge on any atom is -0.478 e. The molecule has 0 aliphatic rings. The third-order valence-corrected chi connectivity index (χ3v) is 3.86. The van der Waals surface area contributed by atoms with Crippen molar-refractivity contribution in [1.82, 2.24) is 9.13 Å². The van der Waals surface area contributed by atoms with Gasteiger partial charge in [-0.25, -0.2) is 9.59 Å². The molecule has 0 aliphatic carbocycles. The Bertz CT molecular complexity index is 691. The van der Waals surface area contributed by atoms with E-state index in [9.17, 15) is 9.59 Å². The molecule has 5 nitrogen and oxygen atoms in total. The highest BCUT2D eigenvalue weighted by molar-refractivity contribution is 7.12. The van der Waals surface area contributed by atoms with Crippen LogP contribution in [0.4, 0.5) is 0 Å². The van der Waals surface area contributed by atoms with E-state index in [-0.39, 0.29) is 11.7 Å². The van der Waals surface area contributed by atoms with Gasteiger partial charge < -0.3 is 5.11 Å². The molecule has 0 saturated heterocycles. The van der Waals surface area contributed by atoms with E-state index in [2.05, 4.69) is 0 Å². The van der Waals surface area contributed by atoms with Gasteiger partial charge in [-0.1, -0.05) is 0 Å². The standard InChI is InChI=1S/C14H16N2O3S/c1-10(2)16-8-7-15(14(16)19)9-12-4-3-11(20-12)5-6-13(17)18/h3-8,10H,9H2,1-2H3,(H,17,18)/b6-5+. The van der Waals surface area contributed by atoms with Crippen LogP contribution < -0.4 is 5.69 Å². The van der Waals surface area contributed by atoms with Crippen LogP contribution in [0.25, 0.3) is 6.08 Å². The third-order valence-electron chi connectivity index (χ3n) is 2.83. The van der Waals surface area contributed by atoms with E-state index >= 15 is 0 Å². The number of carbonyl (C=O) groups is 1. The molecule has 0 spiro atoms. The number of carboxylic acid groups (broad SMARTS) is 1. The van der Waals surface area contributed by atoms with Gasteiger partial charge in [-0.2, -0.15) is 0 Å². The lowest BCUT2D eigenvalue weighted by Gasteiger charge is -2.04. The van der Waals surface area contributed by atoms with Crippen molar-refractivity contribution < 1.29 is 9.90 Å². The number of thiophene rings is 1. The number of imidazole rings is 1. The van der Waals surface area contributed by atoms with Gasteiger partial charge >= 0.3 is 11.7 Å². The summed E-state index contributed by atoms with van der Waals surface area (Å²) in [6, 6.07) is 3.90. The summed E-state index contributed by atoms with van der Waals surface area (Å²) < 4.78 is 3.33. The van der Waals surface area contributed by atoms with Crippen LogP contribution in [0.15, 0.2) is 35.4 Å². The molecule has 2 aromatic rings. The number of aromatic nitrogens is 2. The molecule has 0 bridgehead atoms. The van der Waals surface area contributed by atoms with E-state index < -0.39 is 5.97 Å². The zero-order valence-electron chi connectivity index (χ0n) is 11.3. The van der Waals surface area contributed by atoms with Crippen molar-refractivity contribution in [3.63, 3.8) is 0 Å². The van der Waals surface area contributed by atoms with E-state index in [1.165, 1.54) is 11.3 Å². The lowest BCUT2D eigenvalue weighted by atomic mass is 10.4. The molecule has 2 aromatic heterocycles. The monoisotopic (exact) mass is 292 g/mol. The second-order valence-electron chi connectivity index (χ2n) is 4.69. The van der Waals surface area contributed by atoms with Crippen molar-refractivity contribution in [2.75, 3.05) is 0 Å². The van der Waals surface area contributed by atoms with Gasteiger partial charge in [0.1, 0.15) is 0 Å². The Morgan fingerprint density at radius 1 is 1.40 bits per heavy atom. The van der Waals surface area contributed by atoms with Crippen LogP contribution in [0.5, 0.6) is 0 Å². The Labute approximate surface area is 120 Å². The molecule has 0 fully saturated rings. The summed E-state index contributed by atoms with van der Waals surface area (Å²) in [7, 11) is 0. The first-order valence-electron chi connectivity index (χ1n) is 6.24. The zero-order chi connectivity index (χ0) is 14.7. The molecule has 0 radical (unpaired) electrons. The number of rotatable bonds is 5. The summed E-state index contributed by atoms with van der Waals surface area (Å²) in [6.45, 7) is 4.43. The normalized spacial score (nSPS) is 11.6. The summed E-state index contributed by atoms with van der Waals surface area (Å²) in [5.41, 5.74) is -0.0315. The van der Waals surface area contributed by atoms with Crippen molar-refractivity contribution >= 4 is 23.4 Å². The molecule has 0 atom stereocenters. The minimum absolute atomic E-state index is 0.0315. The summed E-state index contributed by atoms with van der Waals surface area (Å²) in [6.07, 6.45) is 6.22. The summed E-state index contributed by atoms with van der Waals surface area (Å²) in [4.78, 5) is 24.4. The summed E-state index contributed by atoms with van der Waals surface area (Å²) >= 11 is 1.48. The van der Waals surface area contributed by atoms with Gasteiger partial charge in [0.2, 0.25) is 0 Å². The molecule has 0 aromatic carbocycles. The summed E-state index contributed by atoms with van der Waals surface area (Å²) in [5.74, 6) is -0.967. The average Bonchev–Trinajstić information content (AvgIpc) is 2.95. The predicted molar refractivity (Wildman–Crippen MR) is 79.2 cm³/mol. The maximum absolute atomic E-state index is 12.1. The van der Waals surface area contributed by atoms with E-state index in [0.717, 1.165) is 15.8 Å². The number of carboxylic acids is 1. The van der Waals surface area contributed by atoms with Gasteiger partial charge in [-0.05, 0) is 32.1 Å². The van der Waals surface area contributed by atoms with Crippen molar-refractivity contribution in [1.29, 1.82) is 0 Å². The average molecular weight is 292 g/mol. The van der Waals surface area contributed by atoms with Crippen molar-refractivity contribution in [3.05, 3.63) is 50.8 Å². The van der Waals surface area contributed by atoms with Crippen LogP contribution in [0, 0.1) is 0 Å². The largest absolute Gasteiger partial charge is 0.478 e. The first-order chi connectivity index (χ1) is 9.47. The molecule has 0 unspecified atom stereocenters. The van der Waals surface area contributed by atoms with Crippen molar-refractivity contribution in [2.24, 2.45) is 0 Å². The molecule has 20 heavy (non-hydrogen) atoms. The van der Waals surface area contributed by atoms with E-state index in [4.69, 9.17) is 5.11 Å². The van der Waals surface area contributed by atoms with Gasteiger partial charge in [-0.3, -0.25) is 9.13 Å². The Morgan fingerprint density at radius 3 is 2.75 bits per heavy atom. The zero-order valence-corrected chi connectivity index (χ0v) is 12.1. The first kappa shape index (κ1) is 14.3. The van der Waals surface area contributed by atoms with Gasteiger partial charge in [0.25, 0.3) is 0 Å². The minimum atomic E-state index is -0.967. The van der Waals surface area contributed by atoms with Crippen LogP contribution >= 0.6 is 11.3 Å². The second kappa shape index (κ2) is 5.92. The molecule has 106 valence electrons. The van der Waals surface area contributed by atoms with Crippen LogP contribution in [0.1, 0.15) is 29.6 Å². The molecular formula is C14H16N2O3S. The van der Waals surface area contributed by atoms with E-state index in [0.29, 0.717) is 6.54 Å². The Morgan fingerprint density at radius 2 is 2.15 bits per heavy atom. The maximum Gasteiger partial charge on any atom is 0.328 e. The fourth-order valence-electron chi connectivity index (χ4n) is 1.83. The molecule has 2 rings (SSSR count). The lowest BCUT2D eigenvalue weighted by Crippen LogP contribution is -2.25. The second-order valence-corrected chi connectivity index (χ2v) is 5.89. The Kier molecular flexibility index (Phi) is 4.24. The topological polar surface area (TPSA) is 64.2 Å². The lowest BCUT2D eigenvalue weighted by molar-refractivity contribution is -0.131. The van der Waals surface area contributed by atoms with Gasteiger partial charge in [0, 0.05) is 34.3 Å². The number of hydrogen-bond acceptors (Lipinski definition) is 3. The molecule has 6 heteroatoms. The first-order valence-corrected chi connectivity index (χ1v) is 7.06. The van der Waals surface area contributed by atoms with Crippen LogP contribution in [0.2, 0.25) is 0 Å². The van der Waals surface area contributed by atoms with E-state index in [1.54, 1.807) is 27.6 Å². The SMILES string of the molecule is CC(C)n1ccn(Cc2ccc(/C=C/C(=O)O)s2)c1=O. The quantitative estimate of drug-likeness (QED) is 0.861. The maximum atomic E-state index is 12.1. The Hall–Kier alpha value is -2.08. The third kappa shape index (κ3) is 3.27. The molecule has 0 amide bonds. The van der Waals surface area contributed by atoms with E-state index in [1.807, 2.05) is 26.0 Å². The van der Waals surface area contributed by atoms with Crippen molar-refractivity contribution in [2.45, 2.75) is 26.4 Å². The molecule has 0 aliphatic heterocycles. The van der Waals surface area contributed by atoms with Gasteiger partial charge in [-0.15, -0.1) is 11.3 Å². The highest BCUT2D eigenvalue weighted by Crippen LogP contribution is 2.18. The highest BCUT2D eigenvalue weighted by Gasteiger charge is 2.07. The fraction of sp³-hybridized carbons (Fsp3) is 0.286. The number of hydrogen-bond donors (Lipinski definition) is 1. The summed E-state index contributed by atoms with van der Waals surface area (Å²) in [5, 5.41) is 8.58. The highest BCUT2D eigenvalue weighted by atomic mass is 32.1.